The molecule has 0 radical (unpaired) electrons. The second-order valence-electron chi connectivity index (χ2n) is 6.55. The highest BCUT2D eigenvalue weighted by Crippen LogP contribution is 2.36. The number of carbonyl (C=O) groups excluding carboxylic acids is 1. The molecular formula is C19H20BrNO5S. The van der Waals surface area contributed by atoms with Gasteiger partial charge in [0.05, 0.1) is 13.2 Å². The lowest BCUT2D eigenvalue weighted by atomic mass is 10.0. The Bertz CT molecular complexity index is 974. The third-order valence-electron chi connectivity index (χ3n) is 4.44. The quantitative estimate of drug-likeness (QED) is 0.707. The zero-order chi connectivity index (χ0) is 19.8. The van der Waals surface area contributed by atoms with E-state index in [2.05, 4.69) is 15.9 Å². The summed E-state index contributed by atoms with van der Waals surface area (Å²) in [7, 11) is -2.61. The highest BCUT2D eigenvalue weighted by molar-refractivity contribution is 9.10. The lowest BCUT2D eigenvalue weighted by Crippen LogP contribution is -2.48. The summed E-state index contributed by atoms with van der Waals surface area (Å²) in [6, 6.07) is 10.5. The number of benzene rings is 2. The molecule has 144 valence electrons. The van der Waals surface area contributed by atoms with Gasteiger partial charge in [0.25, 0.3) is 15.9 Å². The van der Waals surface area contributed by atoms with E-state index in [4.69, 9.17) is 9.47 Å². The Morgan fingerprint density at radius 3 is 2.67 bits per heavy atom. The third-order valence-corrected chi connectivity index (χ3v) is 6.78. The van der Waals surface area contributed by atoms with Crippen LogP contribution in [0.4, 0.5) is 0 Å². The minimum atomic E-state index is -4.10. The second kappa shape index (κ2) is 7.52. The molecule has 1 heterocycles. The second-order valence-corrected chi connectivity index (χ2v) is 9.25. The fourth-order valence-corrected chi connectivity index (χ4v) is 5.09. The molecule has 3 rings (SSSR count). The first-order valence-corrected chi connectivity index (χ1v) is 10.6. The fourth-order valence-electron chi connectivity index (χ4n) is 2.94. The fraction of sp³-hybridized carbons (Fsp3) is 0.316. The molecule has 0 unspecified atom stereocenters. The van der Waals surface area contributed by atoms with Gasteiger partial charge in [-0.2, -0.15) is 0 Å². The number of rotatable bonds is 3. The molecule has 2 aromatic carbocycles. The molecular weight excluding hydrogens is 434 g/mol. The molecule has 6 nitrogen and oxygen atoms in total. The summed E-state index contributed by atoms with van der Waals surface area (Å²) in [5, 5.41) is 0. The molecule has 0 N–H and O–H groups in total. The summed E-state index contributed by atoms with van der Waals surface area (Å²) in [5.74, 6) is -0.0234. The van der Waals surface area contributed by atoms with Crippen molar-refractivity contribution < 1.29 is 22.7 Å². The normalized spacial score (nSPS) is 18.4. The molecule has 1 aliphatic rings. The Morgan fingerprint density at radius 2 is 2.00 bits per heavy atom. The minimum Gasteiger partial charge on any atom is -0.497 e. The molecule has 1 atom stereocenters. The van der Waals surface area contributed by atoms with Crippen LogP contribution in [-0.2, 0) is 10.0 Å². The van der Waals surface area contributed by atoms with E-state index in [1.807, 2.05) is 13.8 Å². The zero-order valence-corrected chi connectivity index (χ0v) is 17.6. The number of hydrogen-bond acceptors (Lipinski definition) is 5. The Balaban J connectivity index is 2.16. The van der Waals surface area contributed by atoms with Crippen molar-refractivity contribution in [2.24, 2.45) is 5.92 Å². The van der Waals surface area contributed by atoms with Crippen molar-refractivity contribution in [2.45, 2.75) is 24.8 Å². The van der Waals surface area contributed by atoms with Crippen LogP contribution in [-0.4, -0.2) is 38.4 Å². The van der Waals surface area contributed by atoms with E-state index in [9.17, 15) is 13.2 Å². The van der Waals surface area contributed by atoms with Gasteiger partial charge in [0.1, 0.15) is 23.0 Å². The van der Waals surface area contributed by atoms with Crippen molar-refractivity contribution >= 4 is 31.9 Å². The molecule has 2 aromatic rings. The van der Waals surface area contributed by atoms with E-state index >= 15 is 0 Å². The van der Waals surface area contributed by atoms with Crippen molar-refractivity contribution in [3.8, 4) is 11.5 Å². The van der Waals surface area contributed by atoms with Gasteiger partial charge in [-0.1, -0.05) is 35.8 Å². The maximum absolute atomic E-state index is 13.4. The average Bonchev–Trinajstić information content (AvgIpc) is 2.74. The van der Waals surface area contributed by atoms with E-state index in [1.165, 1.54) is 19.2 Å². The van der Waals surface area contributed by atoms with Crippen molar-refractivity contribution in [2.75, 3.05) is 13.7 Å². The first-order chi connectivity index (χ1) is 12.8. The Kier molecular flexibility index (Phi) is 5.48. The number of fused-ring (bicyclic) bond motifs is 1. The van der Waals surface area contributed by atoms with Crippen LogP contribution in [0.2, 0.25) is 0 Å². The predicted octanol–water partition coefficient (Wildman–Crippen LogP) is 3.71. The van der Waals surface area contributed by atoms with Gasteiger partial charge in [-0.05, 0) is 42.3 Å². The molecule has 0 spiro atoms. The average molecular weight is 454 g/mol. The third kappa shape index (κ3) is 3.68. The van der Waals surface area contributed by atoms with Crippen molar-refractivity contribution in [3.05, 3.63) is 52.5 Å². The predicted molar refractivity (Wildman–Crippen MR) is 105 cm³/mol. The Hall–Kier alpha value is -2.06. The van der Waals surface area contributed by atoms with Gasteiger partial charge in [-0.25, -0.2) is 12.7 Å². The molecule has 0 aromatic heterocycles. The largest absolute Gasteiger partial charge is 0.497 e. The lowest BCUT2D eigenvalue weighted by molar-refractivity contribution is 0.0751. The van der Waals surface area contributed by atoms with Crippen LogP contribution < -0.4 is 9.47 Å². The minimum absolute atomic E-state index is 0.0231. The van der Waals surface area contributed by atoms with Crippen LogP contribution in [0.3, 0.4) is 0 Å². The summed E-state index contributed by atoms with van der Waals surface area (Å²) in [6.07, 6.45) is 0. The van der Waals surface area contributed by atoms with Crippen LogP contribution in [0.15, 0.2) is 51.8 Å². The molecule has 27 heavy (non-hydrogen) atoms. The van der Waals surface area contributed by atoms with Crippen molar-refractivity contribution in [1.29, 1.82) is 0 Å². The highest BCUT2D eigenvalue weighted by Gasteiger charge is 2.42. The summed E-state index contributed by atoms with van der Waals surface area (Å²) in [5.41, 5.74) is 0.240. The number of methoxy groups -OCH3 is 1. The first-order valence-electron chi connectivity index (χ1n) is 8.41. The van der Waals surface area contributed by atoms with E-state index in [-0.39, 0.29) is 28.7 Å². The summed E-state index contributed by atoms with van der Waals surface area (Å²) in [4.78, 5) is 13.2. The monoisotopic (exact) mass is 453 g/mol. The Morgan fingerprint density at radius 1 is 1.26 bits per heavy atom. The Labute approximate surface area is 167 Å². The van der Waals surface area contributed by atoms with E-state index in [0.717, 1.165) is 4.31 Å². The van der Waals surface area contributed by atoms with Gasteiger partial charge < -0.3 is 9.47 Å². The molecule has 0 bridgehead atoms. The zero-order valence-electron chi connectivity index (χ0n) is 15.2. The van der Waals surface area contributed by atoms with Gasteiger partial charge in [0, 0.05) is 10.0 Å². The van der Waals surface area contributed by atoms with E-state index < -0.39 is 22.0 Å². The molecule has 8 heteroatoms. The summed E-state index contributed by atoms with van der Waals surface area (Å²) < 4.78 is 39.4. The molecule has 0 saturated carbocycles. The first kappa shape index (κ1) is 19.7. The number of hydrogen-bond donors (Lipinski definition) is 0. The number of ether oxygens (including phenoxy) is 2. The number of carbonyl (C=O) groups is 1. The number of halogens is 1. The molecule has 0 saturated heterocycles. The van der Waals surface area contributed by atoms with Gasteiger partial charge in [0.2, 0.25) is 0 Å². The number of sulfonamides is 1. The van der Waals surface area contributed by atoms with Crippen LogP contribution in [0.1, 0.15) is 24.2 Å². The van der Waals surface area contributed by atoms with Crippen LogP contribution in [0, 0.1) is 5.92 Å². The van der Waals surface area contributed by atoms with Gasteiger partial charge in [-0.3, -0.25) is 4.79 Å². The SMILES string of the molecule is COc1cccc(C(=O)N2[C@@H](C(C)C)COc3cc(Br)ccc3S2(=O)=O)c1. The van der Waals surface area contributed by atoms with Crippen LogP contribution in [0.5, 0.6) is 11.5 Å². The highest BCUT2D eigenvalue weighted by atomic mass is 79.9. The summed E-state index contributed by atoms with van der Waals surface area (Å²) in [6.45, 7) is 3.80. The molecule has 0 aliphatic carbocycles. The topological polar surface area (TPSA) is 72.9 Å². The molecule has 1 amide bonds. The maximum Gasteiger partial charge on any atom is 0.270 e. The molecule has 0 fully saturated rings. The number of amides is 1. The smallest absolute Gasteiger partial charge is 0.270 e. The maximum atomic E-state index is 13.4. The summed E-state index contributed by atoms with van der Waals surface area (Å²) >= 11 is 3.32. The lowest BCUT2D eigenvalue weighted by Gasteiger charge is -2.30. The van der Waals surface area contributed by atoms with Crippen molar-refractivity contribution in [1.82, 2.24) is 4.31 Å². The standard InChI is InChI=1S/C19H20BrNO5S/c1-12(2)16-11-26-17-10-14(20)7-8-18(17)27(23,24)21(16)19(22)13-5-4-6-15(9-13)25-3/h4-10,12,16H,11H2,1-3H3/t16-/m1/s1. The van der Waals surface area contributed by atoms with Crippen LogP contribution >= 0.6 is 15.9 Å². The van der Waals surface area contributed by atoms with Crippen molar-refractivity contribution in [3.63, 3.8) is 0 Å². The molecule has 1 aliphatic heterocycles. The van der Waals surface area contributed by atoms with Crippen LogP contribution in [0.25, 0.3) is 0 Å². The van der Waals surface area contributed by atoms with Gasteiger partial charge in [-0.15, -0.1) is 0 Å². The van der Waals surface area contributed by atoms with Gasteiger partial charge in [0.15, 0.2) is 0 Å². The van der Waals surface area contributed by atoms with E-state index in [1.54, 1.807) is 30.3 Å². The number of nitrogens with zero attached hydrogens (tertiary/aromatic N) is 1. The van der Waals surface area contributed by atoms with Gasteiger partial charge >= 0.3 is 0 Å². The van der Waals surface area contributed by atoms with E-state index in [0.29, 0.717) is 10.2 Å².